The Morgan fingerprint density at radius 1 is 1.17 bits per heavy atom. The summed E-state index contributed by atoms with van der Waals surface area (Å²) in [6.45, 7) is 0. The molecule has 0 bridgehead atoms. The second kappa shape index (κ2) is 6.52. The Morgan fingerprint density at radius 3 is 2.39 bits per heavy atom. The molecule has 1 aromatic carbocycles. The number of phenols is 1. The Balaban J connectivity index is 0.00000162. The Kier molecular flexibility index (Phi) is 5.86. The van der Waals surface area contributed by atoms with E-state index in [9.17, 15) is 9.50 Å². The van der Waals surface area contributed by atoms with Crippen molar-refractivity contribution in [2.75, 3.05) is 5.73 Å². The van der Waals surface area contributed by atoms with Crippen LogP contribution in [0.2, 0.25) is 10.0 Å². The number of nitrogens with two attached hydrogens (primary N) is 1. The molecule has 1 heterocycles. The van der Waals surface area contributed by atoms with Crippen LogP contribution >= 0.6 is 23.2 Å². The van der Waals surface area contributed by atoms with Gasteiger partial charge in [0.15, 0.2) is 0 Å². The number of rotatable bonds is 1. The monoisotopic (exact) mass is 312 g/mol. The molecule has 0 spiro atoms. The van der Waals surface area contributed by atoms with Crippen molar-refractivity contribution >= 4 is 80.3 Å². The number of hydrogen-bond donors (Lipinski definition) is 2. The molecule has 0 aliphatic carbocycles. The number of halogens is 3. The van der Waals surface area contributed by atoms with E-state index in [4.69, 9.17) is 28.9 Å². The van der Waals surface area contributed by atoms with Crippen LogP contribution in [0.5, 0.6) is 5.75 Å². The van der Waals surface area contributed by atoms with Gasteiger partial charge in [-0.15, -0.1) is 0 Å². The molecular formula is C11H8Cl2FKN2O. The maximum atomic E-state index is 13.4. The SMILES string of the molecule is Nc1c(Cl)c(F)nc(-c2ccccc2O)c1Cl.[KH]. The number of nitrogens with zero attached hydrogens (tertiary/aromatic N) is 1. The van der Waals surface area contributed by atoms with E-state index in [0.29, 0.717) is 5.56 Å². The van der Waals surface area contributed by atoms with Crippen LogP contribution in [0.3, 0.4) is 0 Å². The van der Waals surface area contributed by atoms with Gasteiger partial charge < -0.3 is 10.8 Å². The van der Waals surface area contributed by atoms with Crippen LogP contribution in [-0.2, 0) is 0 Å². The number of hydrogen-bond acceptors (Lipinski definition) is 3. The van der Waals surface area contributed by atoms with Crippen LogP contribution < -0.4 is 5.73 Å². The summed E-state index contributed by atoms with van der Waals surface area (Å²) >= 11 is 11.5. The third-order valence-electron chi connectivity index (χ3n) is 2.23. The molecule has 0 fully saturated rings. The molecular weight excluding hydrogens is 305 g/mol. The molecule has 2 rings (SSSR count). The second-order valence-electron chi connectivity index (χ2n) is 3.31. The number of benzene rings is 1. The van der Waals surface area contributed by atoms with Crippen molar-refractivity contribution in [3.05, 3.63) is 40.3 Å². The molecule has 7 heteroatoms. The number of aromatic hydroxyl groups is 1. The van der Waals surface area contributed by atoms with Crippen molar-refractivity contribution in [1.82, 2.24) is 4.98 Å². The van der Waals surface area contributed by atoms with Gasteiger partial charge in [-0.05, 0) is 12.1 Å². The van der Waals surface area contributed by atoms with Gasteiger partial charge in [0.05, 0.1) is 16.4 Å². The van der Waals surface area contributed by atoms with Crippen molar-refractivity contribution in [3.63, 3.8) is 0 Å². The van der Waals surface area contributed by atoms with Gasteiger partial charge in [-0.25, -0.2) is 4.98 Å². The first-order valence-electron chi connectivity index (χ1n) is 4.60. The van der Waals surface area contributed by atoms with E-state index in [0.717, 1.165) is 0 Å². The quantitative estimate of drug-likeness (QED) is 0.629. The van der Waals surface area contributed by atoms with Crippen LogP contribution in [0.1, 0.15) is 0 Å². The molecule has 3 N–H and O–H groups in total. The number of aromatic nitrogens is 1. The van der Waals surface area contributed by atoms with E-state index in [-0.39, 0.29) is 78.6 Å². The first-order valence-corrected chi connectivity index (χ1v) is 5.36. The molecule has 0 atom stereocenters. The zero-order valence-corrected chi connectivity index (χ0v) is 9.93. The summed E-state index contributed by atoms with van der Waals surface area (Å²) in [4.78, 5) is 3.59. The summed E-state index contributed by atoms with van der Waals surface area (Å²) in [7, 11) is 0. The van der Waals surface area contributed by atoms with E-state index < -0.39 is 5.95 Å². The molecule has 0 saturated carbocycles. The Bertz CT molecular complexity index is 595. The molecule has 0 amide bonds. The first kappa shape index (κ1) is 16.2. The van der Waals surface area contributed by atoms with Crippen molar-refractivity contribution < 1.29 is 9.50 Å². The topological polar surface area (TPSA) is 59.1 Å². The number of pyridine rings is 1. The van der Waals surface area contributed by atoms with E-state index in [1.165, 1.54) is 6.07 Å². The number of para-hydroxylation sites is 1. The van der Waals surface area contributed by atoms with Crippen LogP contribution in [0, 0.1) is 5.95 Å². The van der Waals surface area contributed by atoms with Crippen LogP contribution in [0.4, 0.5) is 10.1 Å². The predicted octanol–water partition coefficient (Wildman–Crippen LogP) is 2.83. The molecule has 0 aliphatic rings. The molecule has 18 heavy (non-hydrogen) atoms. The maximum absolute atomic E-state index is 13.4. The van der Waals surface area contributed by atoms with Crippen molar-refractivity contribution in [2.24, 2.45) is 0 Å². The summed E-state index contributed by atoms with van der Waals surface area (Å²) in [5.74, 6) is -0.991. The number of nitrogen functional groups attached to an aromatic ring is 1. The Labute approximate surface area is 156 Å². The molecule has 0 unspecified atom stereocenters. The summed E-state index contributed by atoms with van der Waals surface area (Å²) in [6.07, 6.45) is 0. The number of phenolic OH excluding ortho intramolecular Hbond substituents is 1. The number of anilines is 1. The molecule has 3 nitrogen and oxygen atoms in total. The van der Waals surface area contributed by atoms with Crippen molar-refractivity contribution in [2.45, 2.75) is 0 Å². The van der Waals surface area contributed by atoms with Gasteiger partial charge in [0.25, 0.3) is 0 Å². The van der Waals surface area contributed by atoms with E-state index >= 15 is 0 Å². The molecule has 1 aromatic heterocycles. The van der Waals surface area contributed by atoms with Crippen molar-refractivity contribution in [1.29, 1.82) is 0 Å². The third-order valence-corrected chi connectivity index (χ3v) is 2.97. The van der Waals surface area contributed by atoms with Gasteiger partial charge >= 0.3 is 51.4 Å². The molecule has 0 aliphatic heterocycles. The third kappa shape index (κ3) is 2.99. The normalized spacial score (nSPS) is 9.94. The van der Waals surface area contributed by atoms with Gasteiger partial charge in [-0.3, -0.25) is 0 Å². The first-order chi connectivity index (χ1) is 8.02. The van der Waals surface area contributed by atoms with Gasteiger partial charge in [-0.1, -0.05) is 35.3 Å². The standard InChI is InChI=1S/C11H7Cl2FN2O.K.H/c12-7-9(15)8(13)11(14)16-10(7)5-3-1-2-4-6(5)17;;/h1-4,17H,(H2,15,16);;. The average molecular weight is 313 g/mol. The van der Waals surface area contributed by atoms with E-state index in [1.807, 2.05) is 0 Å². The zero-order valence-electron chi connectivity index (χ0n) is 8.42. The van der Waals surface area contributed by atoms with Crippen LogP contribution in [-0.4, -0.2) is 61.5 Å². The summed E-state index contributed by atoms with van der Waals surface area (Å²) in [5, 5.41) is 9.33. The van der Waals surface area contributed by atoms with Crippen LogP contribution in [0.25, 0.3) is 11.3 Å². The predicted molar refractivity (Wildman–Crippen MR) is 72.9 cm³/mol. The summed E-state index contributed by atoms with van der Waals surface area (Å²) < 4.78 is 13.4. The molecule has 2 aromatic rings. The van der Waals surface area contributed by atoms with Crippen LogP contribution in [0.15, 0.2) is 24.3 Å². The van der Waals surface area contributed by atoms with Gasteiger partial charge in [0.2, 0.25) is 5.95 Å². The zero-order chi connectivity index (χ0) is 12.6. The minimum absolute atomic E-state index is 0. The van der Waals surface area contributed by atoms with Gasteiger partial charge in [-0.2, -0.15) is 4.39 Å². The fourth-order valence-corrected chi connectivity index (χ4v) is 1.81. The molecule has 90 valence electrons. The summed E-state index contributed by atoms with van der Waals surface area (Å²) in [6, 6.07) is 6.28. The fourth-order valence-electron chi connectivity index (χ4n) is 1.38. The van der Waals surface area contributed by atoms with Gasteiger partial charge in [0, 0.05) is 5.56 Å². The molecule has 0 radical (unpaired) electrons. The second-order valence-corrected chi connectivity index (χ2v) is 4.07. The van der Waals surface area contributed by atoms with E-state index in [2.05, 4.69) is 4.98 Å². The Hall–Kier alpha value is 0.116. The van der Waals surface area contributed by atoms with Crippen molar-refractivity contribution in [3.8, 4) is 17.0 Å². The Morgan fingerprint density at radius 2 is 1.78 bits per heavy atom. The summed E-state index contributed by atoms with van der Waals surface area (Å²) in [5.41, 5.74) is 5.80. The van der Waals surface area contributed by atoms with Gasteiger partial charge in [0.1, 0.15) is 10.8 Å². The average Bonchev–Trinajstić information content (AvgIpc) is 2.32. The minimum atomic E-state index is -0.924. The fraction of sp³-hybridized carbons (Fsp3) is 0. The van der Waals surface area contributed by atoms with E-state index in [1.54, 1.807) is 18.2 Å². The molecule has 0 saturated heterocycles.